The molecule has 4 aliphatic rings. The predicted molar refractivity (Wildman–Crippen MR) is 87.2 cm³/mol. The number of ether oxygens (including phenoxy) is 2. The summed E-state index contributed by atoms with van der Waals surface area (Å²) in [7, 11) is 3.87. The van der Waals surface area contributed by atoms with Crippen molar-refractivity contribution in [2.45, 2.75) is 55.8 Å². The molecule has 5 rings (SSSR count). The highest BCUT2D eigenvalue weighted by atomic mass is 16.5. The van der Waals surface area contributed by atoms with Gasteiger partial charge in [0.1, 0.15) is 6.10 Å². The van der Waals surface area contributed by atoms with Gasteiger partial charge in [-0.3, -0.25) is 0 Å². The Balaban J connectivity index is 1.84. The van der Waals surface area contributed by atoms with Gasteiger partial charge in [0.25, 0.3) is 0 Å². The van der Waals surface area contributed by atoms with Gasteiger partial charge in [0.05, 0.1) is 18.1 Å². The number of likely N-dealkylation sites (N-methyl/N-ethyl adjacent to an activating group) is 1. The van der Waals surface area contributed by atoms with E-state index in [1.807, 2.05) is 6.07 Å². The molecule has 2 heterocycles. The van der Waals surface area contributed by atoms with E-state index in [0.717, 1.165) is 43.7 Å². The first-order valence-corrected chi connectivity index (χ1v) is 8.82. The number of likely N-dealkylation sites (tertiary alicyclic amines) is 1. The second kappa shape index (κ2) is 4.22. The van der Waals surface area contributed by atoms with Crippen LogP contribution in [0.15, 0.2) is 12.1 Å². The molecule has 2 bridgehead atoms. The summed E-state index contributed by atoms with van der Waals surface area (Å²) >= 11 is 0. The maximum atomic E-state index is 11.9. The lowest BCUT2D eigenvalue weighted by Crippen LogP contribution is -2.75. The zero-order valence-corrected chi connectivity index (χ0v) is 14.1. The summed E-state index contributed by atoms with van der Waals surface area (Å²) in [6.45, 7) is 3.30. The Kier molecular flexibility index (Phi) is 2.59. The van der Waals surface area contributed by atoms with Crippen LogP contribution in [-0.2, 0) is 11.8 Å². The molecule has 1 aromatic rings. The number of aliphatic hydroxyl groups is 1. The summed E-state index contributed by atoms with van der Waals surface area (Å²) in [5, 5.41) is 11.9. The van der Waals surface area contributed by atoms with E-state index in [-0.39, 0.29) is 17.6 Å². The minimum absolute atomic E-state index is 0.0720. The van der Waals surface area contributed by atoms with Crippen LogP contribution in [0, 0.1) is 5.92 Å². The summed E-state index contributed by atoms with van der Waals surface area (Å²) in [5.41, 5.74) is 1.68. The van der Waals surface area contributed by atoms with Gasteiger partial charge in [-0.05, 0) is 56.8 Å². The Morgan fingerprint density at radius 2 is 2.17 bits per heavy atom. The average molecular weight is 315 g/mol. The van der Waals surface area contributed by atoms with Gasteiger partial charge in [-0.1, -0.05) is 13.0 Å². The normalized spacial score (nSPS) is 43.7. The lowest BCUT2D eigenvalue weighted by atomic mass is 9.48. The number of benzene rings is 1. The van der Waals surface area contributed by atoms with Gasteiger partial charge >= 0.3 is 0 Å². The molecule has 2 aliphatic carbocycles. The topological polar surface area (TPSA) is 41.9 Å². The van der Waals surface area contributed by atoms with E-state index in [0.29, 0.717) is 5.92 Å². The van der Waals surface area contributed by atoms with E-state index in [9.17, 15) is 5.11 Å². The molecule has 124 valence electrons. The summed E-state index contributed by atoms with van der Waals surface area (Å²) < 4.78 is 12.1. The van der Waals surface area contributed by atoms with Crippen LogP contribution in [0.2, 0.25) is 0 Å². The van der Waals surface area contributed by atoms with Gasteiger partial charge in [0, 0.05) is 11.6 Å². The highest BCUT2D eigenvalue weighted by molar-refractivity contribution is 5.62. The Morgan fingerprint density at radius 3 is 2.96 bits per heavy atom. The quantitative estimate of drug-likeness (QED) is 0.862. The van der Waals surface area contributed by atoms with Crippen LogP contribution in [0.25, 0.3) is 0 Å². The Bertz CT molecular complexity index is 689. The second-order valence-corrected chi connectivity index (χ2v) is 8.03. The van der Waals surface area contributed by atoms with Crippen molar-refractivity contribution in [1.82, 2.24) is 4.90 Å². The van der Waals surface area contributed by atoms with E-state index in [1.165, 1.54) is 11.1 Å². The van der Waals surface area contributed by atoms with Crippen LogP contribution in [-0.4, -0.2) is 48.5 Å². The van der Waals surface area contributed by atoms with E-state index < -0.39 is 5.60 Å². The molecule has 2 aliphatic heterocycles. The third kappa shape index (κ3) is 1.38. The molecule has 0 amide bonds. The van der Waals surface area contributed by atoms with Crippen LogP contribution in [0.3, 0.4) is 0 Å². The minimum Gasteiger partial charge on any atom is -0.493 e. The standard InChI is InChI=1S/C19H25NO3/c1-11-6-7-19(21)14-10-12-4-5-13(22-3)16-15(12)18(19,17(11)23-16)8-9-20(14)2/h4-5,11,14,17,21H,6-10H2,1-3H3/t11-,14?,17-,18-,19+/m0/s1. The molecule has 1 unspecified atom stereocenters. The van der Waals surface area contributed by atoms with Crippen LogP contribution < -0.4 is 9.47 Å². The Labute approximate surface area is 137 Å². The third-order valence-electron chi connectivity index (χ3n) is 7.23. The lowest BCUT2D eigenvalue weighted by molar-refractivity contribution is -0.191. The van der Waals surface area contributed by atoms with Crippen molar-refractivity contribution in [3.05, 3.63) is 23.3 Å². The summed E-state index contributed by atoms with van der Waals surface area (Å²) in [4.78, 5) is 2.36. The fourth-order valence-electron chi connectivity index (χ4n) is 6.15. The first kappa shape index (κ1) is 14.1. The highest BCUT2D eigenvalue weighted by Gasteiger charge is 2.71. The van der Waals surface area contributed by atoms with Gasteiger partial charge < -0.3 is 19.5 Å². The van der Waals surface area contributed by atoms with Gasteiger partial charge in [0.15, 0.2) is 11.5 Å². The molecule has 1 N–H and O–H groups in total. The lowest BCUT2D eigenvalue weighted by Gasteiger charge is -2.63. The number of hydrogen-bond donors (Lipinski definition) is 1. The van der Waals surface area contributed by atoms with E-state index in [1.54, 1.807) is 7.11 Å². The SMILES string of the molecule is COc1ccc2c3c1O[C@H]1[C@@H](C)CC[C@@]4(O)C(C2)N(C)CC[C@]314. The van der Waals surface area contributed by atoms with E-state index >= 15 is 0 Å². The monoisotopic (exact) mass is 315 g/mol. The number of rotatable bonds is 1. The zero-order valence-electron chi connectivity index (χ0n) is 14.1. The van der Waals surface area contributed by atoms with E-state index in [2.05, 4.69) is 24.9 Å². The number of methoxy groups -OCH3 is 1. The fourth-order valence-corrected chi connectivity index (χ4v) is 6.15. The summed E-state index contributed by atoms with van der Waals surface area (Å²) in [6.07, 6.45) is 3.85. The Morgan fingerprint density at radius 1 is 1.35 bits per heavy atom. The fraction of sp³-hybridized carbons (Fsp3) is 0.684. The van der Waals surface area contributed by atoms with Gasteiger partial charge in [0.2, 0.25) is 0 Å². The predicted octanol–water partition coefficient (Wildman–Crippen LogP) is 2.12. The molecule has 1 aromatic carbocycles. The van der Waals surface area contributed by atoms with Gasteiger partial charge in [-0.15, -0.1) is 0 Å². The van der Waals surface area contributed by atoms with Crippen molar-refractivity contribution in [3.63, 3.8) is 0 Å². The largest absolute Gasteiger partial charge is 0.493 e. The third-order valence-corrected chi connectivity index (χ3v) is 7.23. The molecule has 2 fully saturated rings. The first-order chi connectivity index (χ1) is 11.0. The molecule has 1 saturated heterocycles. The molecular formula is C19H25NO3. The molecule has 0 aromatic heterocycles. The van der Waals surface area contributed by atoms with Gasteiger partial charge in [-0.25, -0.2) is 0 Å². The first-order valence-electron chi connectivity index (χ1n) is 8.82. The van der Waals surface area contributed by atoms with Crippen LogP contribution >= 0.6 is 0 Å². The maximum Gasteiger partial charge on any atom is 0.165 e. The number of nitrogens with zero attached hydrogens (tertiary/aromatic N) is 1. The average Bonchev–Trinajstić information content (AvgIpc) is 2.90. The molecule has 1 saturated carbocycles. The molecule has 1 spiro atoms. The Hall–Kier alpha value is -1.26. The molecule has 5 atom stereocenters. The summed E-state index contributed by atoms with van der Waals surface area (Å²) in [5.74, 6) is 2.19. The maximum absolute atomic E-state index is 11.9. The molecule has 23 heavy (non-hydrogen) atoms. The van der Waals surface area contributed by atoms with Crippen LogP contribution in [0.1, 0.15) is 37.3 Å². The molecule has 4 heteroatoms. The summed E-state index contributed by atoms with van der Waals surface area (Å²) in [6, 6.07) is 4.42. The van der Waals surface area contributed by atoms with Gasteiger partial charge in [-0.2, -0.15) is 0 Å². The van der Waals surface area contributed by atoms with Crippen LogP contribution in [0.4, 0.5) is 0 Å². The highest BCUT2D eigenvalue weighted by Crippen LogP contribution is 2.66. The zero-order chi connectivity index (χ0) is 16.0. The van der Waals surface area contributed by atoms with Crippen molar-refractivity contribution in [2.75, 3.05) is 20.7 Å². The molecule has 4 nitrogen and oxygen atoms in total. The minimum atomic E-state index is -0.679. The van der Waals surface area contributed by atoms with E-state index in [4.69, 9.17) is 9.47 Å². The van der Waals surface area contributed by atoms with Crippen molar-refractivity contribution in [2.24, 2.45) is 5.92 Å². The van der Waals surface area contributed by atoms with Crippen molar-refractivity contribution in [3.8, 4) is 11.5 Å². The van der Waals surface area contributed by atoms with Crippen molar-refractivity contribution < 1.29 is 14.6 Å². The smallest absolute Gasteiger partial charge is 0.165 e. The van der Waals surface area contributed by atoms with Crippen molar-refractivity contribution >= 4 is 0 Å². The number of hydrogen-bond acceptors (Lipinski definition) is 4. The van der Waals surface area contributed by atoms with Crippen LogP contribution in [0.5, 0.6) is 11.5 Å². The number of piperidine rings is 1. The second-order valence-electron chi connectivity index (χ2n) is 8.03. The molecular weight excluding hydrogens is 290 g/mol. The van der Waals surface area contributed by atoms with Crippen molar-refractivity contribution in [1.29, 1.82) is 0 Å². The molecule has 0 radical (unpaired) electrons.